The van der Waals surface area contributed by atoms with Gasteiger partial charge in [-0.15, -0.1) is 0 Å². The maximum atomic E-state index is 12.7. The molecule has 0 saturated carbocycles. The fraction of sp³-hybridized carbons (Fsp3) is 0.619. The number of ether oxygens (including phenoxy) is 2. The lowest BCUT2D eigenvalue weighted by Gasteiger charge is -2.30. The van der Waals surface area contributed by atoms with Crippen molar-refractivity contribution in [2.75, 3.05) is 19.3 Å². The van der Waals surface area contributed by atoms with Gasteiger partial charge in [-0.25, -0.2) is 9.59 Å². The normalized spacial score (nSPS) is 21.6. The number of amides is 2. The van der Waals surface area contributed by atoms with Crippen LogP contribution in [0.2, 0.25) is 0 Å². The Bertz CT molecular complexity index is 852. The van der Waals surface area contributed by atoms with Crippen LogP contribution >= 0.6 is 0 Å². The molecule has 1 fully saturated rings. The van der Waals surface area contributed by atoms with Gasteiger partial charge in [-0.3, -0.25) is 4.18 Å². The molecule has 1 heterocycles. The molecule has 1 N–H and O–H groups in total. The molecule has 2 amide bonds. The zero-order chi connectivity index (χ0) is 23.2. The maximum Gasteiger partial charge on any atom is 0.410 e. The molecule has 0 aromatic heterocycles. The summed E-state index contributed by atoms with van der Waals surface area (Å²) in [5, 5.41) is 2.64. The number of carbonyl (C=O) groups excluding carboxylic acids is 2. The minimum Gasteiger partial charge on any atom is -0.445 e. The molecule has 9 nitrogen and oxygen atoms in total. The second kappa shape index (κ2) is 10.3. The monoisotopic (exact) mass is 456 g/mol. The third kappa shape index (κ3) is 8.37. The predicted octanol–water partition coefficient (Wildman–Crippen LogP) is 2.90. The molecular weight excluding hydrogens is 424 g/mol. The Labute approximate surface area is 184 Å². The fourth-order valence-corrected chi connectivity index (χ4v) is 4.14. The first-order valence-corrected chi connectivity index (χ1v) is 12.0. The van der Waals surface area contributed by atoms with Crippen LogP contribution in [0, 0.1) is 5.92 Å². The van der Waals surface area contributed by atoms with Gasteiger partial charge in [0.05, 0.1) is 12.3 Å². The van der Waals surface area contributed by atoms with Crippen molar-refractivity contribution in [3.05, 3.63) is 35.9 Å². The van der Waals surface area contributed by atoms with Crippen molar-refractivity contribution in [2.45, 2.75) is 58.5 Å². The molecule has 1 aliphatic rings. The van der Waals surface area contributed by atoms with Gasteiger partial charge in [0.25, 0.3) is 10.1 Å². The van der Waals surface area contributed by atoms with Gasteiger partial charge in [0.1, 0.15) is 18.3 Å². The Kier molecular flexibility index (Phi) is 8.30. The van der Waals surface area contributed by atoms with Crippen molar-refractivity contribution in [1.82, 2.24) is 10.2 Å². The zero-order valence-corrected chi connectivity index (χ0v) is 19.5. The van der Waals surface area contributed by atoms with Crippen LogP contribution in [0.15, 0.2) is 30.3 Å². The summed E-state index contributed by atoms with van der Waals surface area (Å²) >= 11 is 0. The zero-order valence-electron chi connectivity index (χ0n) is 18.7. The fourth-order valence-electron chi connectivity index (χ4n) is 3.41. The predicted molar refractivity (Wildman–Crippen MR) is 115 cm³/mol. The number of nitrogens with one attached hydrogen (secondary N) is 1. The molecule has 0 radical (unpaired) electrons. The first-order valence-electron chi connectivity index (χ1n) is 10.2. The molecule has 2 rings (SSSR count). The van der Waals surface area contributed by atoms with Crippen LogP contribution in [-0.2, 0) is 30.4 Å². The summed E-state index contributed by atoms with van der Waals surface area (Å²) in [6, 6.07) is 8.69. The van der Waals surface area contributed by atoms with E-state index in [2.05, 4.69) is 5.32 Å². The first kappa shape index (κ1) is 24.9. The number of likely N-dealkylation sites (tertiary alicyclic amines) is 1. The number of hydrogen-bond donors (Lipinski definition) is 1. The summed E-state index contributed by atoms with van der Waals surface area (Å²) in [4.78, 5) is 26.1. The Morgan fingerprint density at radius 1 is 1.19 bits per heavy atom. The van der Waals surface area contributed by atoms with Crippen molar-refractivity contribution in [3.8, 4) is 0 Å². The highest BCUT2D eigenvalue weighted by atomic mass is 32.2. The quantitative estimate of drug-likeness (QED) is 0.628. The van der Waals surface area contributed by atoms with Crippen LogP contribution < -0.4 is 5.32 Å². The lowest BCUT2D eigenvalue weighted by molar-refractivity contribution is 0.0166. The Morgan fingerprint density at radius 2 is 1.84 bits per heavy atom. The number of carbonyl (C=O) groups is 2. The van der Waals surface area contributed by atoms with Gasteiger partial charge in [-0.2, -0.15) is 8.42 Å². The molecular formula is C21H32N2O7S. The number of benzene rings is 1. The van der Waals surface area contributed by atoms with Crippen LogP contribution in [0.3, 0.4) is 0 Å². The molecule has 0 spiro atoms. The molecule has 1 aliphatic heterocycles. The van der Waals surface area contributed by atoms with E-state index in [1.807, 2.05) is 37.3 Å². The van der Waals surface area contributed by atoms with Crippen LogP contribution in [0.4, 0.5) is 9.59 Å². The van der Waals surface area contributed by atoms with Crippen molar-refractivity contribution >= 4 is 22.3 Å². The van der Waals surface area contributed by atoms with Gasteiger partial charge in [-0.05, 0) is 32.8 Å². The summed E-state index contributed by atoms with van der Waals surface area (Å²) in [7, 11) is -3.73. The number of rotatable bonds is 7. The second-order valence-corrected chi connectivity index (χ2v) is 10.3. The average molecular weight is 457 g/mol. The van der Waals surface area contributed by atoms with E-state index in [0.717, 1.165) is 11.8 Å². The third-order valence-electron chi connectivity index (χ3n) is 4.66. The van der Waals surface area contributed by atoms with Gasteiger partial charge in [-0.1, -0.05) is 37.3 Å². The summed E-state index contributed by atoms with van der Waals surface area (Å²) in [5.74, 6) is -0.225. The van der Waals surface area contributed by atoms with E-state index in [0.29, 0.717) is 0 Å². The van der Waals surface area contributed by atoms with Crippen LogP contribution in [-0.4, -0.2) is 62.6 Å². The molecule has 174 valence electrons. The average Bonchev–Trinajstić information content (AvgIpc) is 2.94. The topological polar surface area (TPSA) is 111 Å². The highest BCUT2D eigenvalue weighted by Gasteiger charge is 2.45. The Hall–Kier alpha value is -2.33. The van der Waals surface area contributed by atoms with E-state index < -0.39 is 40.1 Å². The smallest absolute Gasteiger partial charge is 0.410 e. The van der Waals surface area contributed by atoms with Crippen molar-refractivity contribution in [2.24, 2.45) is 5.92 Å². The molecule has 1 aromatic rings. The van der Waals surface area contributed by atoms with E-state index >= 15 is 0 Å². The summed E-state index contributed by atoms with van der Waals surface area (Å²) in [5.41, 5.74) is 0.167. The lowest BCUT2D eigenvalue weighted by atomic mass is 10.0. The molecule has 3 unspecified atom stereocenters. The van der Waals surface area contributed by atoms with Gasteiger partial charge in [0.2, 0.25) is 0 Å². The molecule has 0 aliphatic carbocycles. The molecule has 10 heteroatoms. The van der Waals surface area contributed by atoms with E-state index in [9.17, 15) is 18.0 Å². The standard InChI is InChI=1S/C21H32N2O7S/c1-15-13-23(20(25)29-21(2,3)4)17(18(15)30-31(5,26)27)11-12-22-19(24)28-14-16-9-7-6-8-10-16/h6-10,15,17-18H,11-14H2,1-5H3,(H,22,24). The minimum absolute atomic E-state index is 0.136. The molecule has 0 bridgehead atoms. The second-order valence-electron chi connectivity index (χ2n) is 8.72. The highest BCUT2D eigenvalue weighted by molar-refractivity contribution is 7.86. The van der Waals surface area contributed by atoms with Crippen LogP contribution in [0.25, 0.3) is 0 Å². The Balaban J connectivity index is 1.98. The van der Waals surface area contributed by atoms with E-state index in [-0.39, 0.29) is 32.0 Å². The Morgan fingerprint density at radius 3 is 2.42 bits per heavy atom. The lowest BCUT2D eigenvalue weighted by Crippen LogP contribution is -2.45. The van der Waals surface area contributed by atoms with Crippen LogP contribution in [0.1, 0.15) is 39.7 Å². The van der Waals surface area contributed by atoms with Crippen molar-refractivity contribution in [3.63, 3.8) is 0 Å². The van der Waals surface area contributed by atoms with E-state index in [4.69, 9.17) is 13.7 Å². The molecule has 1 saturated heterocycles. The molecule has 31 heavy (non-hydrogen) atoms. The summed E-state index contributed by atoms with van der Waals surface area (Å²) in [6.45, 7) is 7.69. The number of alkyl carbamates (subject to hydrolysis) is 1. The SMILES string of the molecule is CC1CN(C(=O)OC(C)(C)C)C(CCNC(=O)OCc2ccccc2)C1OS(C)(=O)=O. The third-order valence-corrected chi connectivity index (χ3v) is 5.23. The van der Waals surface area contributed by atoms with Crippen LogP contribution in [0.5, 0.6) is 0 Å². The van der Waals surface area contributed by atoms with E-state index in [1.165, 1.54) is 4.90 Å². The minimum atomic E-state index is -3.73. The number of nitrogens with zero attached hydrogens (tertiary/aromatic N) is 1. The van der Waals surface area contributed by atoms with Crippen molar-refractivity contribution in [1.29, 1.82) is 0 Å². The van der Waals surface area contributed by atoms with Gasteiger partial charge in [0, 0.05) is 19.0 Å². The highest BCUT2D eigenvalue weighted by Crippen LogP contribution is 2.31. The molecule has 1 aromatic carbocycles. The number of hydrogen-bond acceptors (Lipinski definition) is 7. The summed E-state index contributed by atoms with van der Waals surface area (Å²) in [6.07, 6.45) is -0.615. The van der Waals surface area contributed by atoms with Crippen molar-refractivity contribution < 1.29 is 31.7 Å². The van der Waals surface area contributed by atoms with Gasteiger partial charge >= 0.3 is 12.2 Å². The van der Waals surface area contributed by atoms with Gasteiger partial charge in [0.15, 0.2) is 0 Å². The molecule has 3 atom stereocenters. The summed E-state index contributed by atoms with van der Waals surface area (Å²) < 4.78 is 39.4. The van der Waals surface area contributed by atoms with E-state index in [1.54, 1.807) is 20.8 Å². The maximum absolute atomic E-state index is 12.7. The first-order chi connectivity index (χ1) is 14.4. The largest absolute Gasteiger partial charge is 0.445 e. The van der Waals surface area contributed by atoms with Gasteiger partial charge < -0.3 is 19.7 Å².